The minimum atomic E-state index is -0.0985. The van der Waals surface area contributed by atoms with Crippen molar-refractivity contribution in [3.63, 3.8) is 0 Å². The molecule has 0 saturated carbocycles. The lowest BCUT2D eigenvalue weighted by Crippen LogP contribution is -2.44. The number of piperazine rings is 1. The van der Waals surface area contributed by atoms with Crippen LogP contribution >= 0.6 is 15.9 Å². The topological polar surface area (TPSA) is 35.6 Å². The predicted molar refractivity (Wildman–Crippen MR) is 98.2 cm³/mol. The molecule has 4 nitrogen and oxygen atoms in total. The number of nitrogens with one attached hydrogen (secondary N) is 1. The lowest BCUT2D eigenvalue weighted by atomic mass is 10.2. The van der Waals surface area contributed by atoms with Gasteiger partial charge in [0.05, 0.1) is 0 Å². The number of hydrogen-bond donors (Lipinski definition) is 1. The van der Waals surface area contributed by atoms with E-state index in [2.05, 4.69) is 50.2 Å². The van der Waals surface area contributed by atoms with Gasteiger partial charge < -0.3 is 15.1 Å². The fraction of sp³-hybridized carbons (Fsp3) is 0.278. The Morgan fingerprint density at radius 3 is 2.39 bits per heavy atom. The molecule has 1 heterocycles. The number of benzene rings is 2. The molecule has 0 atom stereocenters. The van der Waals surface area contributed by atoms with Crippen molar-refractivity contribution >= 4 is 33.2 Å². The highest BCUT2D eigenvalue weighted by Gasteiger charge is 2.14. The smallest absolute Gasteiger partial charge is 0.255 e. The Kier molecular flexibility index (Phi) is 4.98. The van der Waals surface area contributed by atoms with E-state index < -0.39 is 0 Å². The van der Waals surface area contributed by atoms with E-state index in [-0.39, 0.29) is 5.91 Å². The summed E-state index contributed by atoms with van der Waals surface area (Å²) in [6.45, 7) is 4.25. The summed E-state index contributed by atoms with van der Waals surface area (Å²) < 4.78 is 0.899. The highest BCUT2D eigenvalue weighted by molar-refractivity contribution is 9.10. The summed E-state index contributed by atoms with van der Waals surface area (Å²) in [7, 11) is 2.15. The monoisotopic (exact) mass is 373 g/mol. The fourth-order valence-electron chi connectivity index (χ4n) is 2.65. The first-order valence-electron chi connectivity index (χ1n) is 7.72. The Morgan fingerprint density at radius 1 is 1.04 bits per heavy atom. The van der Waals surface area contributed by atoms with Crippen LogP contribution in [0.5, 0.6) is 0 Å². The lowest BCUT2D eigenvalue weighted by molar-refractivity contribution is 0.102. The van der Waals surface area contributed by atoms with Gasteiger partial charge in [0, 0.05) is 47.6 Å². The molecule has 1 saturated heterocycles. The van der Waals surface area contributed by atoms with E-state index >= 15 is 0 Å². The average Bonchev–Trinajstić information content (AvgIpc) is 2.56. The summed E-state index contributed by atoms with van der Waals surface area (Å²) in [5, 5.41) is 2.94. The van der Waals surface area contributed by atoms with Gasteiger partial charge in [-0.05, 0) is 49.5 Å². The Morgan fingerprint density at radius 2 is 1.74 bits per heavy atom. The zero-order valence-corrected chi connectivity index (χ0v) is 14.7. The van der Waals surface area contributed by atoms with Gasteiger partial charge in [0.15, 0.2) is 0 Å². The second-order valence-corrected chi connectivity index (χ2v) is 6.72. The maximum absolute atomic E-state index is 12.2. The Labute approximate surface area is 145 Å². The fourth-order valence-corrected chi connectivity index (χ4v) is 3.05. The van der Waals surface area contributed by atoms with E-state index in [4.69, 9.17) is 0 Å². The first-order valence-corrected chi connectivity index (χ1v) is 8.51. The molecule has 1 aliphatic rings. The highest BCUT2D eigenvalue weighted by atomic mass is 79.9. The predicted octanol–water partition coefficient (Wildman–Crippen LogP) is 3.45. The quantitative estimate of drug-likeness (QED) is 0.894. The third-order valence-corrected chi connectivity index (χ3v) is 4.57. The van der Waals surface area contributed by atoms with E-state index in [1.807, 2.05) is 30.3 Å². The number of halogens is 1. The van der Waals surface area contributed by atoms with Crippen LogP contribution in [0.25, 0.3) is 0 Å². The Hall–Kier alpha value is -1.85. The van der Waals surface area contributed by atoms with Gasteiger partial charge >= 0.3 is 0 Å². The van der Waals surface area contributed by atoms with Gasteiger partial charge in [-0.2, -0.15) is 0 Å². The van der Waals surface area contributed by atoms with Crippen LogP contribution < -0.4 is 10.2 Å². The molecule has 5 heteroatoms. The van der Waals surface area contributed by atoms with Crippen LogP contribution in [0.1, 0.15) is 10.4 Å². The minimum Gasteiger partial charge on any atom is -0.369 e. The second-order valence-electron chi connectivity index (χ2n) is 5.80. The zero-order valence-electron chi connectivity index (χ0n) is 13.1. The van der Waals surface area contributed by atoms with Gasteiger partial charge in [-0.15, -0.1) is 0 Å². The number of rotatable bonds is 3. The zero-order chi connectivity index (χ0) is 16.2. The number of likely N-dealkylation sites (N-methyl/N-ethyl adjacent to an activating group) is 1. The van der Waals surface area contributed by atoms with Crippen molar-refractivity contribution in [3.8, 4) is 0 Å². The van der Waals surface area contributed by atoms with E-state index in [0.717, 1.165) is 36.3 Å². The molecule has 0 radical (unpaired) electrons. The van der Waals surface area contributed by atoms with E-state index in [1.54, 1.807) is 6.07 Å². The molecule has 0 aromatic heterocycles. The molecule has 1 amide bonds. The molecule has 23 heavy (non-hydrogen) atoms. The van der Waals surface area contributed by atoms with Gasteiger partial charge in [0.2, 0.25) is 0 Å². The standard InChI is InChI=1S/C18H20BrN3O/c1-21-9-11-22(12-10-21)17-7-5-16(6-8-17)20-18(23)14-3-2-4-15(19)13-14/h2-8,13H,9-12H2,1H3,(H,20,23). The van der Waals surface area contributed by atoms with Crippen LogP contribution in [0.3, 0.4) is 0 Å². The number of nitrogens with zero attached hydrogens (tertiary/aromatic N) is 2. The number of amides is 1. The summed E-state index contributed by atoms with van der Waals surface area (Å²) in [5.74, 6) is -0.0985. The van der Waals surface area contributed by atoms with Gasteiger partial charge in [0.1, 0.15) is 0 Å². The number of hydrogen-bond acceptors (Lipinski definition) is 3. The number of carbonyl (C=O) groups excluding carboxylic acids is 1. The van der Waals surface area contributed by atoms with Crippen molar-refractivity contribution in [2.75, 3.05) is 43.4 Å². The summed E-state index contributed by atoms with van der Waals surface area (Å²) in [6.07, 6.45) is 0. The van der Waals surface area contributed by atoms with Crippen molar-refractivity contribution < 1.29 is 4.79 Å². The highest BCUT2D eigenvalue weighted by Crippen LogP contribution is 2.20. The second kappa shape index (κ2) is 7.15. The first kappa shape index (κ1) is 16.0. The van der Waals surface area contributed by atoms with Gasteiger partial charge in [-0.3, -0.25) is 4.79 Å². The maximum Gasteiger partial charge on any atom is 0.255 e. The Balaban J connectivity index is 1.64. The molecule has 0 unspecified atom stereocenters. The van der Waals surface area contributed by atoms with Crippen molar-refractivity contribution in [3.05, 3.63) is 58.6 Å². The molecule has 2 aromatic rings. The molecule has 1 fully saturated rings. The Bertz CT molecular complexity index is 679. The molecule has 2 aromatic carbocycles. The van der Waals surface area contributed by atoms with Crippen molar-refractivity contribution in [1.29, 1.82) is 0 Å². The molecular weight excluding hydrogens is 354 g/mol. The third kappa shape index (κ3) is 4.12. The number of anilines is 2. The van der Waals surface area contributed by atoms with E-state index in [9.17, 15) is 4.79 Å². The SMILES string of the molecule is CN1CCN(c2ccc(NC(=O)c3cccc(Br)c3)cc2)CC1. The van der Waals surface area contributed by atoms with Crippen molar-refractivity contribution in [2.24, 2.45) is 0 Å². The molecule has 0 aliphatic carbocycles. The van der Waals surface area contributed by atoms with Crippen LogP contribution in [0.4, 0.5) is 11.4 Å². The molecule has 0 spiro atoms. The third-order valence-electron chi connectivity index (χ3n) is 4.08. The van der Waals surface area contributed by atoms with E-state index in [0.29, 0.717) is 5.56 Å². The summed E-state index contributed by atoms with van der Waals surface area (Å²) >= 11 is 3.38. The summed E-state index contributed by atoms with van der Waals surface area (Å²) in [6, 6.07) is 15.4. The average molecular weight is 374 g/mol. The van der Waals surface area contributed by atoms with Crippen LogP contribution in [0.15, 0.2) is 53.0 Å². The molecule has 0 bridgehead atoms. The van der Waals surface area contributed by atoms with Gasteiger partial charge in [-0.1, -0.05) is 22.0 Å². The molecular formula is C18H20BrN3O. The first-order chi connectivity index (χ1) is 11.1. The normalized spacial score (nSPS) is 15.5. The summed E-state index contributed by atoms with van der Waals surface area (Å²) in [4.78, 5) is 17.0. The molecule has 120 valence electrons. The van der Waals surface area contributed by atoms with Crippen LogP contribution in [0, 0.1) is 0 Å². The number of carbonyl (C=O) groups is 1. The van der Waals surface area contributed by atoms with Crippen LogP contribution in [-0.4, -0.2) is 44.0 Å². The van der Waals surface area contributed by atoms with E-state index in [1.165, 1.54) is 5.69 Å². The lowest BCUT2D eigenvalue weighted by Gasteiger charge is -2.34. The summed E-state index contributed by atoms with van der Waals surface area (Å²) in [5.41, 5.74) is 2.66. The van der Waals surface area contributed by atoms with Crippen molar-refractivity contribution in [1.82, 2.24) is 4.90 Å². The largest absolute Gasteiger partial charge is 0.369 e. The van der Waals surface area contributed by atoms with Crippen LogP contribution in [-0.2, 0) is 0 Å². The van der Waals surface area contributed by atoms with Gasteiger partial charge in [-0.25, -0.2) is 0 Å². The van der Waals surface area contributed by atoms with Gasteiger partial charge in [0.25, 0.3) is 5.91 Å². The minimum absolute atomic E-state index is 0.0985. The molecule has 3 rings (SSSR count). The molecule has 1 N–H and O–H groups in total. The van der Waals surface area contributed by atoms with Crippen LogP contribution in [0.2, 0.25) is 0 Å². The van der Waals surface area contributed by atoms with Crippen molar-refractivity contribution in [2.45, 2.75) is 0 Å². The molecule has 1 aliphatic heterocycles. The maximum atomic E-state index is 12.2.